The predicted octanol–water partition coefficient (Wildman–Crippen LogP) is 2.80. The summed E-state index contributed by atoms with van der Waals surface area (Å²) in [6, 6.07) is -0.116. The molecule has 1 heterocycles. The summed E-state index contributed by atoms with van der Waals surface area (Å²) in [6.45, 7) is 9.89. The standard InChI is InChI=1S/C15H28N2O3/c1-5-8-15(13(18)19)9-7-10-17(15)14(20)16(6-2)11-12(3)4/h12H,5-11H2,1-4H3,(H,18,19). The van der Waals surface area contributed by atoms with Crippen molar-refractivity contribution in [2.24, 2.45) is 5.92 Å². The minimum atomic E-state index is -0.990. The highest BCUT2D eigenvalue weighted by Crippen LogP contribution is 2.35. The molecule has 1 fully saturated rings. The van der Waals surface area contributed by atoms with Crippen molar-refractivity contribution in [1.29, 1.82) is 0 Å². The lowest BCUT2D eigenvalue weighted by molar-refractivity contribution is -0.148. The first-order valence-electron chi connectivity index (χ1n) is 7.69. The molecule has 0 aliphatic carbocycles. The minimum Gasteiger partial charge on any atom is -0.479 e. The fraction of sp³-hybridized carbons (Fsp3) is 0.867. The molecule has 1 aliphatic heterocycles. The SMILES string of the molecule is CCCC1(C(=O)O)CCCN1C(=O)N(CC)CC(C)C. The van der Waals surface area contributed by atoms with Crippen LogP contribution in [-0.2, 0) is 4.79 Å². The largest absolute Gasteiger partial charge is 0.479 e. The fourth-order valence-electron chi connectivity index (χ4n) is 3.11. The van der Waals surface area contributed by atoms with Gasteiger partial charge in [-0.1, -0.05) is 27.2 Å². The molecule has 0 spiro atoms. The second-order valence-corrected chi connectivity index (χ2v) is 6.06. The van der Waals surface area contributed by atoms with Gasteiger partial charge in [-0.15, -0.1) is 0 Å². The number of aliphatic carboxylic acids is 1. The van der Waals surface area contributed by atoms with E-state index in [1.165, 1.54) is 0 Å². The Morgan fingerprint density at radius 1 is 1.35 bits per heavy atom. The molecular weight excluding hydrogens is 256 g/mol. The molecule has 1 unspecified atom stereocenters. The molecule has 116 valence electrons. The number of hydrogen-bond acceptors (Lipinski definition) is 2. The quantitative estimate of drug-likeness (QED) is 0.816. The molecule has 5 nitrogen and oxygen atoms in total. The lowest BCUT2D eigenvalue weighted by Crippen LogP contribution is -2.57. The van der Waals surface area contributed by atoms with Crippen molar-refractivity contribution in [1.82, 2.24) is 9.80 Å². The van der Waals surface area contributed by atoms with Gasteiger partial charge in [0.2, 0.25) is 0 Å². The number of carbonyl (C=O) groups is 2. The van der Waals surface area contributed by atoms with Gasteiger partial charge in [0, 0.05) is 19.6 Å². The smallest absolute Gasteiger partial charge is 0.329 e. The van der Waals surface area contributed by atoms with Crippen LogP contribution in [0.5, 0.6) is 0 Å². The highest BCUT2D eigenvalue weighted by atomic mass is 16.4. The normalized spacial score (nSPS) is 22.4. The maximum atomic E-state index is 12.7. The van der Waals surface area contributed by atoms with Crippen LogP contribution in [0, 0.1) is 5.92 Å². The predicted molar refractivity (Wildman–Crippen MR) is 78.7 cm³/mol. The third-order valence-electron chi connectivity index (χ3n) is 4.02. The van der Waals surface area contributed by atoms with E-state index in [4.69, 9.17) is 0 Å². The van der Waals surface area contributed by atoms with Crippen molar-refractivity contribution in [3.05, 3.63) is 0 Å². The third-order valence-corrected chi connectivity index (χ3v) is 4.02. The van der Waals surface area contributed by atoms with Gasteiger partial charge in [-0.25, -0.2) is 9.59 Å². The van der Waals surface area contributed by atoms with E-state index in [0.29, 0.717) is 38.4 Å². The number of carbonyl (C=O) groups excluding carboxylic acids is 1. The molecule has 5 heteroatoms. The molecule has 1 atom stereocenters. The van der Waals surface area contributed by atoms with Crippen LogP contribution >= 0.6 is 0 Å². The number of amides is 2. The van der Waals surface area contributed by atoms with Crippen molar-refractivity contribution in [2.75, 3.05) is 19.6 Å². The van der Waals surface area contributed by atoms with Crippen LogP contribution in [0.25, 0.3) is 0 Å². The van der Waals surface area contributed by atoms with Gasteiger partial charge in [0.1, 0.15) is 5.54 Å². The Morgan fingerprint density at radius 2 is 2.00 bits per heavy atom. The first-order chi connectivity index (χ1) is 9.39. The minimum absolute atomic E-state index is 0.116. The number of nitrogens with zero attached hydrogens (tertiary/aromatic N) is 2. The number of carboxylic acids is 1. The van der Waals surface area contributed by atoms with Gasteiger partial charge in [-0.3, -0.25) is 0 Å². The maximum Gasteiger partial charge on any atom is 0.329 e. The molecule has 0 bridgehead atoms. The highest BCUT2D eigenvalue weighted by molar-refractivity contribution is 5.87. The van der Waals surface area contributed by atoms with Gasteiger partial charge in [-0.05, 0) is 32.1 Å². The molecule has 2 amide bonds. The van der Waals surface area contributed by atoms with E-state index in [-0.39, 0.29) is 6.03 Å². The molecule has 0 aromatic carbocycles. The van der Waals surface area contributed by atoms with Crippen LogP contribution < -0.4 is 0 Å². The van der Waals surface area contributed by atoms with Gasteiger partial charge in [0.15, 0.2) is 0 Å². The molecule has 1 N–H and O–H groups in total. The van der Waals surface area contributed by atoms with Gasteiger partial charge in [0.25, 0.3) is 0 Å². The van der Waals surface area contributed by atoms with Crippen LogP contribution in [0.2, 0.25) is 0 Å². The Labute approximate surface area is 121 Å². The molecule has 0 radical (unpaired) electrons. The Morgan fingerprint density at radius 3 is 2.45 bits per heavy atom. The zero-order valence-corrected chi connectivity index (χ0v) is 13.2. The lowest BCUT2D eigenvalue weighted by atomic mass is 9.91. The van der Waals surface area contributed by atoms with E-state index < -0.39 is 11.5 Å². The van der Waals surface area contributed by atoms with E-state index >= 15 is 0 Å². The Kier molecular flexibility index (Phi) is 5.84. The summed E-state index contributed by atoms with van der Waals surface area (Å²) in [5.41, 5.74) is -0.990. The van der Waals surface area contributed by atoms with E-state index in [2.05, 4.69) is 13.8 Å². The third kappa shape index (κ3) is 3.25. The number of rotatable bonds is 6. The lowest BCUT2D eigenvalue weighted by Gasteiger charge is -2.38. The monoisotopic (exact) mass is 284 g/mol. The topological polar surface area (TPSA) is 60.9 Å². The Balaban J connectivity index is 2.96. The molecule has 1 rings (SSSR count). The zero-order chi connectivity index (χ0) is 15.3. The second-order valence-electron chi connectivity index (χ2n) is 6.06. The summed E-state index contributed by atoms with van der Waals surface area (Å²) < 4.78 is 0. The average Bonchev–Trinajstić information content (AvgIpc) is 2.80. The molecule has 0 aromatic heterocycles. The average molecular weight is 284 g/mol. The number of urea groups is 1. The van der Waals surface area contributed by atoms with Crippen LogP contribution in [0.1, 0.15) is 53.4 Å². The fourth-order valence-corrected chi connectivity index (χ4v) is 3.11. The van der Waals surface area contributed by atoms with Gasteiger partial charge < -0.3 is 14.9 Å². The van der Waals surface area contributed by atoms with Gasteiger partial charge in [0.05, 0.1) is 0 Å². The summed E-state index contributed by atoms with van der Waals surface area (Å²) in [6.07, 6.45) is 2.65. The van der Waals surface area contributed by atoms with Crippen molar-refractivity contribution in [3.63, 3.8) is 0 Å². The summed E-state index contributed by atoms with van der Waals surface area (Å²) in [5.74, 6) is -0.474. The molecule has 0 saturated carbocycles. The molecule has 0 aromatic rings. The molecular formula is C15H28N2O3. The van der Waals surface area contributed by atoms with Crippen LogP contribution in [-0.4, -0.2) is 52.1 Å². The van der Waals surface area contributed by atoms with E-state index in [9.17, 15) is 14.7 Å². The Hall–Kier alpha value is -1.26. The molecule has 20 heavy (non-hydrogen) atoms. The highest BCUT2D eigenvalue weighted by Gasteiger charge is 2.50. The molecule has 1 aliphatic rings. The zero-order valence-electron chi connectivity index (χ0n) is 13.2. The first-order valence-corrected chi connectivity index (χ1v) is 7.69. The van der Waals surface area contributed by atoms with Crippen molar-refractivity contribution < 1.29 is 14.7 Å². The number of likely N-dealkylation sites (tertiary alicyclic amines) is 1. The molecule has 1 saturated heterocycles. The number of carboxylic acid groups (broad SMARTS) is 1. The van der Waals surface area contributed by atoms with E-state index in [0.717, 1.165) is 12.8 Å². The van der Waals surface area contributed by atoms with Crippen molar-refractivity contribution in [3.8, 4) is 0 Å². The Bertz CT molecular complexity index is 357. The first kappa shape index (κ1) is 16.8. The van der Waals surface area contributed by atoms with Crippen molar-refractivity contribution in [2.45, 2.75) is 58.9 Å². The van der Waals surface area contributed by atoms with Crippen LogP contribution in [0.15, 0.2) is 0 Å². The second kappa shape index (κ2) is 6.95. The summed E-state index contributed by atoms with van der Waals surface area (Å²) in [7, 11) is 0. The van der Waals surface area contributed by atoms with E-state index in [1.807, 2.05) is 13.8 Å². The van der Waals surface area contributed by atoms with E-state index in [1.54, 1.807) is 9.80 Å². The van der Waals surface area contributed by atoms with Gasteiger partial charge >= 0.3 is 12.0 Å². The summed E-state index contributed by atoms with van der Waals surface area (Å²) in [5, 5.41) is 9.64. The summed E-state index contributed by atoms with van der Waals surface area (Å²) in [4.78, 5) is 27.8. The maximum absolute atomic E-state index is 12.7. The van der Waals surface area contributed by atoms with Crippen LogP contribution in [0.4, 0.5) is 4.79 Å². The number of hydrogen-bond donors (Lipinski definition) is 1. The van der Waals surface area contributed by atoms with Crippen molar-refractivity contribution >= 4 is 12.0 Å². The van der Waals surface area contributed by atoms with Crippen LogP contribution in [0.3, 0.4) is 0 Å². The van der Waals surface area contributed by atoms with Gasteiger partial charge in [-0.2, -0.15) is 0 Å². The summed E-state index contributed by atoms with van der Waals surface area (Å²) >= 11 is 0.